The summed E-state index contributed by atoms with van der Waals surface area (Å²) in [7, 11) is 0. The van der Waals surface area contributed by atoms with Crippen molar-refractivity contribution >= 4 is 28.6 Å². The van der Waals surface area contributed by atoms with Crippen LogP contribution in [0.15, 0.2) is 55.2 Å². The van der Waals surface area contributed by atoms with Crippen molar-refractivity contribution < 1.29 is 9.18 Å². The van der Waals surface area contributed by atoms with E-state index in [-0.39, 0.29) is 11.7 Å². The number of halogens is 1. The Kier molecular flexibility index (Phi) is 4.83. The number of hydrogen-bond donors (Lipinski definition) is 1. The van der Waals surface area contributed by atoms with Crippen LogP contribution < -0.4 is 5.32 Å². The number of fused-ring (bicyclic) bond motifs is 1. The molecule has 0 saturated carbocycles. The third-order valence-corrected chi connectivity index (χ3v) is 4.59. The molecule has 0 aliphatic rings. The van der Waals surface area contributed by atoms with Gasteiger partial charge in [0.25, 0.3) is 0 Å². The highest BCUT2D eigenvalue weighted by atomic mass is 19.1. The number of hydrogen-bond acceptors (Lipinski definition) is 2. The summed E-state index contributed by atoms with van der Waals surface area (Å²) in [4.78, 5) is 12.8. The lowest BCUT2D eigenvalue weighted by atomic mass is 9.91. The highest BCUT2D eigenvalue weighted by Crippen LogP contribution is 2.26. The number of nitrogens with one attached hydrogen (secondary N) is 1. The molecular weight excluding hydrogens is 341 g/mol. The lowest BCUT2D eigenvalue weighted by Gasteiger charge is -2.25. The molecule has 1 N–H and O–H groups in total. The van der Waals surface area contributed by atoms with Crippen molar-refractivity contribution in [3.05, 3.63) is 72.2 Å². The number of nitriles is 1. The lowest BCUT2D eigenvalue weighted by Crippen LogP contribution is -2.34. The van der Waals surface area contributed by atoms with E-state index in [2.05, 4.69) is 18.0 Å². The minimum Gasteiger partial charge on any atom is -0.346 e. The molecule has 5 heteroatoms. The van der Waals surface area contributed by atoms with E-state index in [1.807, 2.05) is 24.5 Å². The van der Waals surface area contributed by atoms with Crippen LogP contribution in [0.1, 0.15) is 25.0 Å². The highest BCUT2D eigenvalue weighted by molar-refractivity contribution is 5.95. The van der Waals surface area contributed by atoms with E-state index in [1.54, 1.807) is 42.6 Å². The van der Waals surface area contributed by atoms with Gasteiger partial charge in [-0.05, 0) is 55.8 Å². The molecule has 1 aromatic heterocycles. The van der Waals surface area contributed by atoms with Gasteiger partial charge in [0.1, 0.15) is 5.82 Å². The smallest absolute Gasteiger partial charge is 0.231 e. The molecule has 1 amide bonds. The Morgan fingerprint density at radius 3 is 2.81 bits per heavy atom. The minimum atomic E-state index is -0.736. The van der Waals surface area contributed by atoms with Gasteiger partial charge in [0.2, 0.25) is 5.91 Å². The first-order valence-corrected chi connectivity index (χ1v) is 8.57. The number of benzene rings is 2. The molecule has 2 aromatic carbocycles. The average Bonchev–Trinajstić information content (AvgIpc) is 3.05. The van der Waals surface area contributed by atoms with Crippen LogP contribution in [0.4, 0.5) is 10.1 Å². The number of amides is 1. The van der Waals surface area contributed by atoms with Crippen LogP contribution in [0.2, 0.25) is 0 Å². The van der Waals surface area contributed by atoms with E-state index >= 15 is 0 Å². The molecule has 0 spiro atoms. The predicted octanol–water partition coefficient (Wildman–Crippen LogP) is 4.96. The maximum Gasteiger partial charge on any atom is 0.231 e. The van der Waals surface area contributed by atoms with Crippen LogP contribution >= 0.6 is 0 Å². The van der Waals surface area contributed by atoms with Crippen LogP contribution in [0.5, 0.6) is 0 Å². The average molecular weight is 361 g/mol. The zero-order valence-electron chi connectivity index (χ0n) is 15.3. The summed E-state index contributed by atoms with van der Waals surface area (Å²) in [6.07, 6.45) is 3.38. The van der Waals surface area contributed by atoms with E-state index < -0.39 is 5.41 Å². The van der Waals surface area contributed by atoms with Gasteiger partial charge in [-0.15, -0.1) is 0 Å². The fourth-order valence-corrected chi connectivity index (χ4v) is 3.03. The van der Waals surface area contributed by atoms with Crippen LogP contribution in [0, 0.1) is 22.6 Å². The van der Waals surface area contributed by atoms with Gasteiger partial charge < -0.3 is 9.88 Å². The maximum absolute atomic E-state index is 13.9. The Bertz CT molecular complexity index is 1070. The second-order valence-electron chi connectivity index (χ2n) is 7.07. The number of carbonyl (C=O) groups excluding carboxylic acids is 1. The molecule has 0 fully saturated rings. The highest BCUT2D eigenvalue weighted by Gasteiger charge is 2.29. The van der Waals surface area contributed by atoms with E-state index in [1.165, 1.54) is 6.07 Å². The molecule has 4 nitrogen and oxygen atoms in total. The summed E-state index contributed by atoms with van der Waals surface area (Å²) in [6.45, 7) is 7.77. The largest absolute Gasteiger partial charge is 0.346 e. The van der Waals surface area contributed by atoms with Gasteiger partial charge in [-0.1, -0.05) is 18.7 Å². The van der Waals surface area contributed by atoms with Gasteiger partial charge in [-0.25, -0.2) is 4.39 Å². The first-order chi connectivity index (χ1) is 12.9. The van der Waals surface area contributed by atoms with Crippen molar-refractivity contribution in [1.82, 2.24) is 4.57 Å². The summed E-state index contributed by atoms with van der Waals surface area (Å²) in [5.74, 6) is -0.441. The Morgan fingerprint density at radius 1 is 1.33 bits per heavy atom. The first kappa shape index (κ1) is 18.4. The topological polar surface area (TPSA) is 57.8 Å². The van der Waals surface area contributed by atoms with Crippen LogP contribution in [0.25, 0.3) is 17.0 Å². The fraction of sp³-hybridized carbons (Fsp3) is 0.182. The molecule has 0 unspecified atom stereocenters. The van der Waals surface area contributed by atoms with Crippen molar-refractivity contribution in [2.45, 2.75) is 20.4 Å². The summed E-state index contributed by atoms with van der Waals surface area (Å²) in [6, 6.07) is 13.8. The van der Waals surface area contributed by atoms with Crippen molar-refractivity contribution in [2.24, 2.45) is 5.41 Å². The van der Waals surface area contributed by atoms with Gasteiger partial charge in [-0.2, -0.15) is 5.26 Å². The van der Waals surface area contributed by atoms with Crippen molar-refractivity contribution in [1.29, 1.82) is 5.26 Å². The van der Waals surface area contributed by atoms with Crippen molar-refractivity contribution in [3.8, 4) is 6.07 Å². The van der Waals surface area contributed by atoms with Crippen LogP contribution in [0.3, 0.4) is 0 Å². The molecule has 0 radical (unpaired) electrons. The molecule has 27 heavy (non-hydrogen) atoms. The zero-order chi connectivity index (χ0) is 19.6. The second kappa shape index (κ2) is 7.08. The maximum atomic E-state index is 13.9. The van der Waals surface area contributed by atoms with Gasteiger partial charge >= 0.3 is 0 Å². The third-order valence-electron chi connectivity index (χ3n) is 4.59. The normalized spacial score (nSPS) is 11.2. The molecular formula is C22H20FN3O. The number of aromatic nitrogens is 1. The number of rotatable bonds is 5. The predicted molar refractivity (Wildman–Crippen MR) is 106 cm³/mol. The van der Waals surface area contributed by atoms with Gasteiger partial charge in [-0.3, -0.25) is 4.79 Å². The van der Waals surface area contributed by atoms with Crippen molar-refractivity contribution in [2.75, 3.05) is 5.32 Å². The molecule has 1 heterocycles. The first-order valence-electron chi connectivity index (χ1n) is 8.57. The van der Waals surface area contributed by atoms with Gasteiger partial charge in [0.05, 0.1) is 22.6 Å². The molecule has 3 aromatic rings. The summed E-state index contributed by atoms with van der Waals surface area (Å²) in [5, 5.41) is 12.5. The van der Waals surface area contributed by atoms with E-state index in [9.17, 15) is 9.18 Å². The molecule has 0 bridgehead atoms. The standard InChI is InChI=1S/C22H20FN3O/c1-4-15-12-17(9-8-16(15)13-24)25-21(27)22(2,3)14-26-11-10-18-19(23)6-5-7-20(18)26/h4-12H,1,14H2,2-3H3,(H,25,27). The summed E-state index contributed by atoms with van der Waals surface area (Å²) >= 11 is 0. The number of anilines is 1. The quantitative estimate of drug-likeness (QED) is 0.698. The zero-order valence-corrected chi connectivity index (χ0v) is 15.3. The molecule has 0 aliphatic carbocycles. The number of carbonyl (C=O) groups is 1. The van der Waals surface area contributed by atoms with Gasteiger partial charge in [0, 0.05) is 23.8 Å². The summed E-state index contributed by atoms with van der Waals surface area (Å²) < 4.78 is 15.8. The molecule has 0 aliphatic heterocycles. The third kappa shape index (κ3) is 3.61. The fourth-order valence-electron chi connectivity index (χ4n) is 3.03. The SMILES string of the molecule is C=Cc1cc(NC(=O)C(C)(C)Cn2ccc3c(F)cccc32)ccc1C#N. The van der Waals surface area contributed by atoms with Crippen molar-refractivity contribution in [3.63, 3.8) is 0 Å². The number of nitrogens with zero attached hydrogens (tertiary/aromatic N) is 2. The molecule has 0 atom stereocenters. The molecule has 136 valence electrons. The van der Waals surface area contributed by atoms with Gasteiger partial charge in [0.15, 0.2) is 0 Å². The Hall–Kier alpha value is -3.39. The lowest BCUT2D eigenvalue weighted by molar-refractivity contribution is -0.124. The summed E-state index contributed by atoms with van der Waals surface area (Å²) in [5.41, 5.74) is 1.79. The molecule has 3 rings (SSSR count). The van der Waals surface area contributed by atoms with E-state index in [4.69, 9.17) is 5.26 Å². The second-order valence-corrected chi connectivity index (χ2v) is 7.07. The van der Waals surface area contributed by atoms with E-state index in [0.29, 0.717) is 28.7 Å². The minimum absolute atomic E-state index is 0.166. The Morgan fingerprint density at radius 2 is 2.11 bits per heavy atom. The Balaban J connectivity index is 1.82. The van der Waals surface area contributed by atoms with E-state index in [0.717, 1.165) is 5.52 Å². The molecule has 0 saturated heterocycles. The monoisotopic (exact) mass is 361 g/mol. The Labute approximate surface area is 157 Å². The van der Waals surface area contributed by atoms with Crippen LogP contribution in [-0.2, 0) is 11.3 Å². The van der Waals surface area contributed by atoms with Crippen LogP contribution in [-0.4, -0.2) is 10.5 Å².